The van der Waals surface area contributed by atoms with E-state index in [-0.39, 0.29) is 5.91 Å². The van der Waals surface area contributed by atoms with Crippen LogP contribution >= 0.6 is 11.6 Å². The van der Waals surface area contributed by atoms with E-state index in [1.165, 1.54) is 0 Å². The van der Waals surface area contributed by atoms with Gasteiger partial charge in [-0.3, -0.25) is 4.79 Å². The standard InChI is InChI=1S/C16H13ClN2O2/c1-21-12-4-2-3-11(8-12)18-9-14-13-7-10(17)5-6-15(13)19-16(14)20/h2-9,18H,1H3,(H,19,20)/b14-9+. The van der Waals surface area contributed by atoms with Crippen molar-refractivity contribution in [3.05, 3.63) is 59.3 Å². The van der Waals surface area contributed by atoms with Crippen molar-refractivity contribution in [1.29, 1.82) is 0 Å². The Labute approximate surface area is 127 Å². The number of amides is 1. The SMILES string of the molecule is COc1cccc(N/C=C2/C(=O)Nc3ccc(Cl)cc32)c1. The van der Waals surface area contributed by atoms with Gasteiger partial charge >= 0.3 is 0 Å². The lowest BCUT2D eigenvalue weighted by atomic mass is 10.1. The second kappa shape index (κ2) is 5.50. The van der Waals surface area contributed by atoms with E-state index in [0.717, 1.165) is 22.7 Å². The quantitative estimate of drug-likeness (QED) is 0.849. The molecule has 0 atom stereocenters. The Morgan fingerprint density at radius 1 is 1.24 bits per heavy atom. The first kappa shape index (κ1) is 13.5. The molecule has 0 fully saturated rings. The summed E-state index contributed by atoms with van der Waals surface area (Å²) >= 11 is 5.99. The Hall–Kier alpha value is -2.46. The first-order valence-electron chi connectivity index (χ1n) is 6.39. The van der Waals surface area contributed by atoms with Crippen molar-refractivity contribution in [1.82, 2.24) is 0 Å². The van der Waals surface area contributed by atoms with Crippen LogP contribution in [-0.4, -0.2) is 13.0 Å². The fourth-order valence-electron chi connectivity index (χ4n) is 2.17. The zero-order chi connectivity index (χ0) is 14.8. The molecule has 1 aliphatic rings. The molecular weight excluding hydrogens is 288 g/mol. The van der Waals surface area contributed by atoms with E-state index in [2.05, 4.69) is 10.6 Å². The van der Waals surface area contributed by atoms with Gasteiger partial charge in [-0.25, -0.2) is 0 Å². The maximum absolute atomic E-state index is 12.0. The number of fused-ring (bicyclic) bond motifs is 1. The second-order valence-electron chi connectivity index (χ2n) is 4.58. The molecule has 0 aromatic heterocycles. The Morgan fingerprint density at radius 3 is 2.90 bits per heavy atom. The molecule has 1 amide bonds. The van der Waals surface area contributed by atoms with Crippen LogP contribution in [0.3, 0.4) is 0 Å². The molecule has 2 aromatic rings. The summed E-state index contributed by atoms with van der Waals surface area (Å²) in [6.45, 7) is 0. The van der Waals surface area contributed by atoms with Crippen LogP contribution in [0.2, 0.25) is 5.02 Å². The minimum atomic E-state index is -0.150. The molecule has 2 aromatic carbocycles. The highest BCUT2D eigenvalue weighted by Crippen LogP contribution is 2.33. The first-order chi connectivity index (χ1) is 10.2. The molecule has 0 aliphatic carbocycles. The van der Waals surface area contributed by atoms with Crippen LogP contribution in [0, 0.1) is 0 Å². The third kappa shape index (κ3) is 2.71. The maximum atomic E-state index is 12.0. The van der Waals surface area contributed by atoms with E-state index >= 15 is 0 Å². The van der Waals surface area contributed by atoms with Crippen molar-refractivity contribution in [2.45, 2.75) is 0 Å². The lowest BCUT2D eigenvalue weighted by molar-refractivity contribution is -0.110. The molecule has 1 aliphatic heterocycles. The normalized spacial score (nSPS) is 14.8. The number of hydrogen-bond acceptors (Lipinski definition) is 3. The number of nitrogens with one attached hydrogen (secondary N) is 2. The highest BCUT2D eigenvalue weighted by molar-refractivity contribution is 6.34. The summed E-state index contributed by atoms with van der Waals surface area (Å²) in [4.78, 5) is 12.0. The molecule has 0 spiro atoms. The first-order valence-corrected chi connectivity index (χ1v) is 6.77. The number of methoxy groups -OCH3 is 1. The molecule has 2 N–H and O–H groups in total. The fraction of sp³-hybridized carbons (Fsp3) is 0.0625. The van der Waals surface area contributed by atoms with Crippen LogP contribution in [0.5, 0.6) is 5.75 Å². The highest BCUT2D eigenvalue weighted by Gasteiger charge is 2.24. The van der Waals surface area contributed by atoms with Crippen LogP contribution in [0.15, 0.2) is 48.7 Å². The number of rotatable bonds is 3. The number of anilines is 2. The molecule has 4 nitrogen and oxygen atoms in total. The molecular formula is C16H13ClN2O2. The Bertz CT molecular complexity index is 741. The fourth-order valence-corrected chi connectivity index (χ4v) is 2.34. The smallest absolute Gasteiger partial charge is 0.257 e. The summed E-state index contributed by atoms with van der Waals surface area (Å²) in [6.07, 6.45) is 1.67. The van der Waals surface area contributed by atoms with Crippen molar-refractivity contribution in [2.75, 3.05) is 17.7 Å². The summed E-state index contributed by atoms with van der Waals surface area (Å²) in [5.74, 6) is 0.598. The van der Waals surface area contributed by atoms with Gasteiger partial charge in [0, 0.05) is 34.2 Å². The van der Waals surface area contributed by atoms with Crippen LogP contribution in [0.1, 0.15) is 5.56 Å². The highest BCUT2D eigenvalue weighted by atomic mass is 35.5. The van der Waals surface area contributed by atoms with Gasteiger partial charge in [0.15, 0.2) is 0 Å². The molecule has 1 heterocycles. The maximum Gasteiger partial charge on any atom is 0.257 e. The van der Waals surface area contributed by atoms with Crippen molar-refractivity contribution in [2.24, 2.45) is 0 Å². The minimum Gasteiger partial charge on any atom is -0.497 e. The van der Waals surface area contributed by atoms with E-state index < -0.39 is 0 Å². The lowest BCUT2D eigenvalue weighted by Crippen LogP contribution is -2.05. The molecule has 0 saturated carbocycles. The van der Waals surface area contributed by atoms with E-state index in [0.29, 0.717) is 10.6 Å². The van der Waals surface area contributed by atoms with Gasteiger partial charge in [-0.15, -0.1) is 0 Å². The van der Waals surface area contributed by atoms with Crippen molar-refractivity contribution in [3.8, 4) is 5.75 Å². The molecule has 0 bridgehead atoms. The van der Waals surface area contributed by atoms with Crippen LogP contribution in [0.4, 0.5) is 11.4 Å². The Morgan fingerprint density at radius 2 is 2.10 bits per heavy atom. The van der Waals surface area contributed by atoms with Crippen molar-refractivity contribution in [3.63, 3.8) is 0 Å². The van der Waals surface area contributed by atoms with E-state index in [9.17, 15) is 4.79 Å². The number of benzene rings is 2. The van der Waals surface area contributed by atoms with Gasteiger partial charge in [0.25, 0.3) is 5.91 Å². The van der Waals surface area contributed by atoms with Crippen LogP contribution in [0.25, 0.3) is 5.57 Å². The predicted molar refractivity (Wildman–Crippen MR) is 84.7 cm³/mol. The Balaban J connectivity index is 1.90. The molecule has 0 radical (unpaired) electrons. The van der Waals surface area contributed by atoms with E-state index in [1.54, 1.807) is 31.5 Å². The molecule has 21 heavy (non-hydrogen) atoms. The van der Waals surface area contributed by atoms with Gasteiger partial charge < -0.3 is 15.4 Å². The van der Waals surface area contributed by atoms with Gasteiger partial charge in [-0.1, -0.05) is 17.7 Å². The monoisotopic (exact) mass is 300 g/mol. The molecule has 106 valence electrons. The summed E-state index contributed by atoms with van der Waals surface area (Å²) < 4.78 is 5.16. The van der Waals surface area contributed by atoms with Crippen LogP contribution < -0.4 is 15.4 Å². The van der Waals surface area contributed by atoms with Crippen molar-refractivity contribution >= 4 is 34.5 Å². The Kier molecular flexibility index (Phi) is 3.54. The lowest BCUT2D eigenvalue weighted by Gasteiger charge is -2.05. The molecule has 0 saturated heterocycles. The largest absolute Gasteiger partial charge is 0.497 e. The van der Waals surface area contributed by atoms with Crippen molar-refractivity contribution < 1.29 is 9.53 Å². The number of carbonyl (C=O) groups excluding carboxylic acids is 1. The number of carbonyl (C=O) groups is 1. The van der Waals surface area contributed by atoms with Gasteiger partial charge in [0.2, 0.25) is 0 Å². The average Bonchev–Trinajstić information content (AvgIpc) is 2.80. The summed E-state index contributed by atoms with van der Waals surface area (Å²) in [5, 5.41) is 6.50. The van der Waals surface area contributed by atoms with E-state index in [1.807, 2.05) is 24.3 Å². The summed E-state index contributed by atoms with van der Waals surface area (Å²) in [6, 6.07) is 12.8. The zero-order valence-electron chi connectivity index (χ0n) is 11.3. The van der Waals surface area contributed by atoms with Gasteiger partial charge in [0.05, 0.1) is 12.7 Å². The molecule has 5 heteroatoms. The van der Waals surface area contributed by atoms with Gasteiger partial charge in [0.1, 0.15) is 5.75 Å². The minimum absolute atomic E-state index is 0.150. The van der Waals surface area contributed by atoms with Crippen LogP contribution in [-0.2, 0) is 4.79 Å². The summed E-state index contributed by atoms with van der Waals surface area (Å²) in [5.41, 5.74) is 2.95. The van der Waals surface area contributed by atoms with Gasteiger partial charge in [-0.2, -0.15) is 0 Å². The van der Waals surface area contributed by atoms with Gasteiger partial charge in [-0.05, 0) is 30.3 Å². The number of ether oxygens (including phenoxy) is 1. The average molecular weight is 301 g/mol. The predicted octanol–water partition coefficient (Wildman–Crippen LogP) is 3.75. The topological polar surface area (TPSA) is 50.4 Å². The zero-order valence-corrected chi connectivity index (χ0v) is 12.1. The third-order valence-electron chi connectivity index (χ3n) is 3.22. The molecule has 0 unspecified atom stereocenters. The number of hydrogen-bond donors (Lipinski definition) is 2. The summed E-state index contributed by atoms with van der Waals surface area (Å²) in [7, 11) is 1.61. The van der Waals surface area contributed by atoms with E-state index in [4.69, 9.17) is 16.3 Å². The second-order valence-corrected chi connectivity index (χ2v) is 5.01. The molecule has 3 rings (SSSR count). The number of halogens is 1. The third-order valence-corrected chi connectivity index (χ3v) is 3.45.